The highest BCUT2D eigenvalue weighted by Gasteiger charge is 2.16. The highest BCUT2D eigenvalue weighted by atomic mass is 32.1. The second kappa shape index (κ2) is 9.39. The minimum Gasteiger partial charge on any atom is -0.493 e. The number of benzene rings is 1. The first kappa shape index (κ1) is 20.0. The van der Waals surface area contributed by atoms with E-state index >= 15 is 0 Å². The number of ether oxygens (including phenoxy) is 3. The molecule has 0 unspecified atom stereocenters. The molecule has 0 aliphatic rings. The third-order valence-corrected chi connectivity index (χ3v) is 4.10. The van der Waals surface area contributed by atoms with Gasteiger partial charge < -0.3 is 25.3 Å². The molecule has 1 aromatic heterocycles. The molecule has 2 aromatic rings. The Labute approximate surface area is 159 Å². The zero-order valence-electron chi connectivity index (χ0n) is 14.5. The lowest BCUT2D eigenvalue weighted by molar-refractivity contribution is -0.119. The zero-order valence-corrected chi connectivity index (χ0v) is 15.3. The number of hydrogen-bond acceptors (Lipinski definition) is 7. The van der Waals surface area contributed by atoms with E-state index < -0.39 is 24.4 Å². The van der Waals surface area contributed by atoms with E-state index in [4.69, 9.17) is 19.9 Å². The van der Waals surface area contributed by atoms with E-state index in [-0.39, 0.29) is 17.7 Å². The van der Waals surface area contributed by atoms with E-state index in [1.54, 1.807) is 17.5 Å². The van der Waals surface area contributed by atoms with Crippen LogP contribution >= 0.6 is 11.3 Å². The van der Waals surface area contributed by atoms with E-state index in [0.717, 1.165) is 11.3 Å². The molecule has 8 nitrogen and oxygen atoms in total. The first-order valence-electron chi connectivity index (χ1n) is 7.72. The SMILES string of the molecule is C=CCOc1ccc(C(=O)OCC(=O)Nc2sccc2C(N)=O)cc1OC. The molecule has 0 saturated heterocycles. The quantitative estimate of drug-likeness (QED) is 0.501. The molecule has 0 bridgehead atoms. The molecule has 0 aliphatic carbocycles. The maximum atomic E-state index is 12.1. The summed E-state index contributed by atoms with van der Waals surface area (Å²) in [7, 11) is 1.44. The predicted molar refractivity (Wildman–Crippen MR) is 100 cm³/mol. The number of esters is 1. The van der Waals surface area contributed by atoms with Crippen molar-refractivity contribution in [1.82, 2.24) is 0 Å². The maximum absolute atomic E-state index is 12.1. The summed E-state index contributed by atoms with van der Waals surface area (Å²) in [5.74, 6) is -1.16. The van der Waals surface area contributed by atoms with E-state index in [1.165, 1.54) is 25.3 Å². The van der Waals surface area contributed by atoms with E-state index in [9.17, 15) is 14.4 Å². The van der Waals surface area contributed by atoms with Gasteiger partial charge in [0.2, 0.25) is 0 Å². The summed E-state index contributed by atoms with van der Waals surface area (Å²) in [6.45, 7) is 3.32. The number of amides is 2. The van der Waals surface area contributed by atoms with Gasteiger partial charge in [-0.2, -0.15) is 0 Å². The monoisotopic (exact) mass is 390 g/mol. The Kier molecular flexibility index (Phi) is 6.95. The summed E-state index contributed by atoms with van der Waals surface area (Å²) >= 11 is 1.14. The molecule has 0 aliphatic heterocycles. The Balaban J connectivity index is 1.96. The van der Waals surface area contributed by atoms with Crippen LogP contribution in [-0.4, -0.2) is 38.1 Å². The Morgan fingerprint density at radius 1 is 1.26 bits per heavy atom. The predicted octanol–water partition coefficient (Wildman–Crippen LogP) is 2.22. The molecule has 0 saturated carbocycles. The molecule has 0 radical (unpaired) electrons. The van der Waals surface area contributed by atoms with Gasteiger partial charge in [0.25, 0.3) is 11.8 Å². The number of rotatable bonds is 9. The Bertz CT molecular complexity index is 861. The molecule has 1 aromatic carbocycles. The van der Waals surface area contributed by atoms with E-state index in [0.29, 0.717) is 16.5 Å². The van der Waals surface area contributed by atoms with Gasteiger partial charge in [0.15, 0.2) is 18.1 Å². The summed E-state index contributed by atoms with van der Waals surface area (Å²) in [5, 5.41) is 4.40. The molecular formula is C18H18N2O6S. The molecule has 2 amide bonds. The first-order chi connectivity index (χ1) is 13.0. The lowest BCUT2D eigenvalue weighted by Crippen LogP contribution is -2.22. The summed E-state index contributed by atoms with van der Waals surface area (Å²) in [5.41, 5.74) is 5.59. The van der Waals surface area contributed by atoms with Gasteiger partial charge in [0, 0.05) is 0 Å². The Morgan fingerprint density at radius 3 is 2.70 bits per heavy atom. The van der Waals surface area contributed by atoms with Gasteiger partial charge in [-0.05, 0) is 29.6 Å². The standard InChI is InChI=1S/C18H18N2O6S/c1-3-7-25-13-5-4-11(9-14(13)24-2)18(23)26-10-15(21)20-17-12(16(19)22)6-8-27-17/h3-6,8-9H,1,7,10H2,2H3,(H2,19,22)(H,20,21). The van der Waals surface area contributed by atoms with Crippen molar-refractivity contribution in [2.75, 3.05) is 25.6 Å². The van der Waals surface area contributed by atoms with Gasteiger partial charge in [-0.15, -0.1) is 11.3 Å². The lowest BCUT2D eigenvalue weighted by Gasteiger charge is -2.11. The van der Waals surface area contributed by atoms with Crippen LogP contribution in [0.5, 0.6) is 11.5 Å². The Hall–Kier alpha value is -3.33. The van der Waals surface area contributed by atoms with Gasteiger partial charge >= 0.3 is 5.97 Å². The van der Waals surface area contributed by atoms with Crippen molar-refractivity contribution in [3.05, 3.63) is 53.4 Å². The van der Waals surface area contributed by atoms with Crippen molar-refractivity contribution < 1.29 is 28.6 Å². The number of primary amides is 1. The number of anilines is 1. The molecule has 2 rings (SSSR count). The van der Waals surface area contributed by atoms with Crippen molar-refractivity contribution in [2.45, 2.75) is 0 Å². The third-order valence-electron chi connectivity index (χ3n) is 3.27. The first-order valence-corrected chi connectivity index (χ1v) is 8.60. The van der Waals surface area contributed by atoms with Crippen molar-refractivity contribution in [3.63, 3.8) is 0 Å². The molecule has 27 heavy (non-hydrogen) atoms. The average Bonchev–Trinajstić information content (AvgIpc) is 3.12. The molecule has 142 valence electrons. The highest BCUT2D eigenvalue weighted by Crippen LogP contribution is 2.28. The van der Waals surface area contributed by atoms with Crippen LogP contribution in [0.4, 0.5) is 5.00 Å². The molecule has 1 heterocycles. The fourth-order valence-corrected chi connectivity index (χ4v) is 2.85. The van der Waals surface area contributed by atoms with Crippen LogP contribution in [0.2, 0.25) is 0 Å². The van der Waals surface area contributed by atoms with Crippen molar-refractivity contribution in [1.29, 1.82) is 0 Å². The lowest BCUT2D eigenvalue weighted by atomic mass is 10.2. The molecule has 0 atom stereocenters. The third kappa shape index (κ3) is 5.32. The maximum Gasteiger partial charge on any atom is 0.338 e. The fraction of sp³-hybridized carbons (Fsp3) is 0.167. The number of thiophene rings is 1. The van der Waals surface area contributed by atoms with E-state index in [2.05, 4.69) is 11.9 Å². The molecule has 9 heteroatoms. The van der Waals surface area contributed by atoms with Crippen LogP contribution < -0.4 is 20.5 Å². The summed E-state index contributed by atoms with van der Waals surface area (Å²) in [6.07, 6.45) is 1.58. The number of nitrogens with one attached hydrogen (secondary N) is 1. The Morgan fingerprint density at radius 2 is 2.04 bits per heavy atom. The number of carbonyl (C=O) groups is 3. The molecule has 0 fully saturated rings. The van der Waals surface area contributed by atoms with Crippen LogP contribution in [0.15, 0.2) is 42.3 Å². The fourth-order valence-electron chi connectivity index (χ4n) is 2.04. The average molecular weight is 390 g/mol. The summed E-state index contributed by atoms with van der Waals surface area (Å²) in [6, 6.07) is 6.00. The number of carbonyl (C=O) groups excluding carboxylic acids is 3. The second-order valence-electron chi connectivity index (χ2n) is 5.12. The van der Waals surface area contributed by atoms with Gasteiger partial charge in [-0.1, -0.05) is 12.7 Å². The number of nitrogens with two attached hydrogens (primary N) is 1. The van der Waals surface area contributed by atoms with Crippen LogP contribution in [0.3, 0.4) is 0 Å². The van der Waals surface area contributed by atoms with Gasteiger partial charge in [-0.25, -0.2) is 4.79 Å². The summed E-state index contributed by atoms with van der Waals surface area (Å²) < 4.78 is 15.6. The second-order valence-corrected chi connectivity index (χ2v) is 6.03. The number of hydrogen-bond donors (Lipinski definition) is 2. The highest BCUT2D eigenvalue weighted by molar-refractivity contribution is 7.14. The van der Waals surface area contributed by atoms with Gasteiger partial charge in [-0.3, -0.25) is 9.59 Å². The minimum absolute atomic E-state index is 0.194. The van der Waals surface area contributed by atoms with Crippen LogP contribution in [0, 0.1) is 0 Å². The van der Waals surface area contributed by atoms with Crippen molar-refractivity contribution in [3.8, 4) is 11.5 Å². The van der Waals surface area contributed by atoms with Crippen LogP contribution in [0.25, 0.3) is 0 Å². The van der Waals surface area contributed by atoms with Crippen molar-refractivity contribution in [2.24, 2.45) is 5.73 Å². The minimum atomic E-state index is -0.708. The largest absolute Gasteiger partial charge is 0.493 e. The molecular weight excluding hydrogens is 372 g/mol. The number of methoxy groups -OCH3 is 1. The van der Waals surface area contributed by atoms with Crippen molar-refractivity contribution >= 4 is 34.1 Å². The summed E-state index contributed by atoms with van der Waals surface area (Å²) in [4.78, 5) is 35.3. The van der Waals surface area contributed by atoms with Crippen LogP contribution in [0.1, 0.15) is 20.7 Å². The van der Waals surface area contributed by atoms with Gasteiger partial charge in [0.1, 0.15) is 11.6 Å². The topological polar surface area (TPSA) is 117 Å². The smallest absolute Gasteiger partial charge is 0.338 e. The molecule has 0 spiro atoms. The van der Waals surface area contributed by atoms with Crippen LogP contribution in [-0.2, 0) is 9.53 Å². The normalized spacial score (nSPS) is 9.96. The molecule has 3 N–H and O–H groups in total. The zero-order chi connectivity index (χ0) is 19.8. The van der Waals surface area contributed by atoms with Gasteiger partial charge in [0.05, 0.1) is 18.2 Å². The van der Waals surface area contributed by atoms with E-state index in [1.807, 2.05) is 0 Å².